The van der Waals surface area contributed by atoms with E-state index in [1.165, 1.54) is 43.2 Å². The minimum Gasteiger partial charge on any atom is -0.205 e. The van der Waals surface area contributed by atoms with E-state index in [0.717, 1.165) is 29.7 Å². The maximum absolute atomic E-state index is 15.0. The molecule has 0 atom stereocenters. The largest absolute Gasteiger partial charge is 0.205 e. The summed E-state index contributed by atoms with van der Waals surface area (Å²) in [6.45, 7) is 4.47. The molecule has 0 N–H and O–H groups in total. The molecule has 1 aliphatic rings. The van der Waals surface area contributed by atoms with Gasteiger partial charge in [0, 0.05) is 10.9 Å². The average Bonchev–Trinajstić information content (AvgIpc) is 2.79. The van der Waals surface area contributed by atoms with E-state index < -0.39 is 0 Å². The third-order valence-electron chi connectivity index (χ3n) is 6.70. The zero-order valence-corrected chi connectivity index (χ0v) is 18.2. The Morgan fingerprint density at radius 1 is 0.867 bits per heavy atom. The first-order valence-corrected chi connectivity index (χ1v) is 11.5. The molecule has 0 heterocycles. The third kappa shape index (κ3) is 4.59. The Labute approximate surface area is 180 Å². The molecule has 0 radical (unpaired) electrons. The summed E-state index contributed by atoms with van der Waals surface area (Å²) in [5, 5.41) is 1.60. The molecule has 3 aromatic carbocycles. The molecule has 0 nitrogen and oxygen atoms in total. The van der Waals surface area contributed by atoms with Crippen molar-refractivity contribution >= 4 is 10.8 Å². The highest BCUT2D eigenvalue weighted by molar-refractivity contribution is 5.85. The van der Waals surface area contributed by atoms with Crippen molar-refractivity contribution in [3.63, 3.8) is 0 Å². The molecule has 0 aromatic heterocycles. The van der Waals surface area contributed by atoms with E-state index in [4.69, 9.17) is 0 Å². The Morgan fingerprint density at radius 3 is 2.33 bits per heavy atom. The monoisotopic (exact) mass is 398 g/mol. The van der Waals surface area contributed by atoms with Crippen LogP contribution in [0.1, 0.15) is 80.5 Å². The van der Waals surface area contributed by atoms with Crippen molar-refractivity contribution in [1.82, 2.24) is 0 Å². The Bertz CT molecular complexity index is 1060. The zero-order valence-electron chi connectivity index (χ0n) is 18.2. The van der Waals surface area contributed by atoms with Crippen LogP contribution < -0.4 is 0 Å². The highest BCUT2D eigenvalue weighted by Crippen LogP contribution is 2.36. The second-order valence-electron chi connectivity index (χ2n) is 8.73. The summed E-state index contributed by atoms with van der Waals surface area (Å²) >= 11 is 0. The third-order valence-corrected chi connectivity index (χ3v) is 6.70. The molecule has 0 unspecified atom stereocenters. The lowest BCUT2D eigenvalue weighted by Crippen LogP contribution is -2.12. The van der Waals surface area contributed by atoms with E-state index in [2.05, 4.69) is 56.0 Å². The molecule has 1 aliphatic carbocycles. The lowest BCUT2D eigenvalue weighted by atomic mass is 9.78. The van der Waals surface area contributed by atoms with Gasteiger partial charge in [-0.1, -0.05) is 74.9 Å². The first-order chi connectivity index (χ1) is 14.7. The average molecular weight is 399 g/mol. The fourth-order valence-electron chi connectivity index (χ4n) is 4.76. The number of rotatable bonds is 4. The van der Waals surface area contributed by atoms with Crippen molar-refractivity contribution in [1.29, 1.82) is 0 Å². The van der Waals surface area contributed by atoms with E-state index >= 15 is 0 Å². The molecule has 0 amide bonds. The van der Waals surface area contributed by atoms with Gasteiger partial charge in [0.2, 0.25) is 0 Å². The van der Waals surface area contributed by atoms with Crippen LogP contribution in [-0.4, -0.2) is 0 Å². The Kier molecular flexibility index (Phi) is 6.53. The first kappa shape index (κ1) is 20.7. The van der Waals surface area contributed by atoms with Crippen molar-refractivity contribution in [2.24, 2.45) is 5.92 Å². The van der Waals surface area contributed by atoms with Crippen molar-refractivity contribution in [3.05, 3.63) is 82.7 Å². The van der Waals surface area contributed by atoms with Gasteiger partial charge in [0.25, 0.3) is 0 Å². The van der Waals surface area contributed by atoms with Crippen LogP contribution in [0.5, 0.6) is 0 Å². The quantitative estimate of drug-likeness (QED) is 0.390. The number of aryl methyl sites for hydroxylation is 1. The summed E-state index contributed by atoms with van der Waals surface area (Å²) in [6.07, 6.45) is 8.73. The van der Waals surface area contributed by atoms with E-state index in [1.54, 1.807) is 6.07 Å². The minimum atomic E-state index is -0.215. The number of hydrogen-bond donors (Lipinski definition) is 0. The van der Waals surface area contributed by atoms with Crippen LogP contribution in [-0.2, 0) is 6.42 Å². The van der Waals surface area contributed by atoms with E-state index in [-0.39, 0.29) is 5.82 Å². The second-order valence-corrected chi connectivity index (χ2v) is 8.73. The van der Waals surface area contributed by atoms with Gasteiger partial charge in [0.15, 0.2) is 0 Å². The van der Waals surface area contributed by atoms with Crippen molar-refractivity contribution < 1.29 is 4.39 Å². The normalized spacial score (nSPS) is 18.8. The SMILES string of the molecule is CCCc1ccc2c(F)c(C#Cc3ccc(C4CCC(CC)CC4)cc3)ccc2c1. The molecule has 30 heavy (non-hydrogen) atoms. The molecular weight excluding hydrogens is 367 g/mol. The topological polar surface area (TPSA) is 0 Å². The molecule has 4 rings (SSSR count). The summed E-state index contributed by atoms with van der Waals surface area (Å²) in [5.41, 5.74) is 4.09. The molecule has 0 spiro atoms. The van der Waals surface area contributed by atoms with Gasteiger partial charge in [-0.25, -0.2) is 4.39 Å². The summed E-state index contributed by atoms with van der Waals surface area (Å²) in [5.74, 6) is 7.59. The number of fused-ring (bicyclic) bond motifs is 1. The van der Waals surface area contributed by atoms with Gasteiger partial charge in [0.05, 0.1) is 5.56 Å². The zero-order chi connectivity index (χ0) is 20.9. The maximum atomic E-state index is 15.0. The minimum absolute atomic E-state index is 0.215. The van der Waals surface area contributed by atoms with Gasteiger partial charge < -0.3 is 0 Å². The van der Waals surface area contributed by atoms with Gasteiger partial charge in [0.1, 0.15) is 5.82 Å². The number of halogens is 1. The molecule has 3 aromatic rings. The maximum Gasteiger partial charge on any atom is 0.146 e. The molecule has 154 valence electrons. The standard InChI is InChI=1S/C29H31F/c1-3-5-23-11-19-28-27(20-23)18-17-26(29(28)30)16-10-22-8-14-25(15-9-22)24-12-6-21(4-2)7-13-24/h8-9,11,14-15,17-21,24H,3-7,12-13H2,1-2H3. The van der Waals surface area contributed by atoms with Crippen LogP contribution in [0.15, 0.2) is 54.6 Å². The van der Waals surface area contributed by atoms with Crippen molar-refractivity contribution in [3.8, 4) is 11.8 Å². The summed E-state index contributed by atoms with van der Waals surface area (Å²) in [4.78, 5) is 0. The van der Waals surface area contributed by atoms with E-state index in [9.17, 15) is 4.39 Å². The van der Waals surface area contributed by atoms with Crippen LogP contribution in [0.4, 0.5) is 4.39 Å². The van der Waals surface area contributed by atoms with Gasteiger partial charge in [-0.05, 0) is 78.7 Å². The summed E-state index contributed by atoms with van der Waals surface area (Å²) in [6, 6.07) is 18.4. The van der Waals surface area contributed by atoms with Gasteiger partial charge >= 0.3 is 0 Å². The molecule has 0 bridgehead atoms. The van der Waals surface area contributed by atoms with Gasteiger partial charge in [-0.15, -0.1) is 0 Å². The van der Waals surface area contributed by atoms with Crippen LogP contribution in [0, 0.1) is 23.6 Å². The van der Waals surface area contributed by atoms with Crippen LogP contribution in [0.2, 0.25) is 0 Å². The predicted octanol–water partition coefficient (Wildman–Crippen LogP) is 8.02. The molecular formula is C29H31F. The Morgan fingerprint density at radius 2 is 1.63 bits per heavy atom. The predicted molar refractivity (Wildman–Crippen MR) is 125 cm³/mol. The molecule has 0 aliphatic heterocycles. The van der Waals surface area contributed by atoms with Crippen molar-refractivity contribution in [2.75, 3.05) is 0 Å². The molecule has 1 saturated carbocycles. The van der Waals surface area contributed by atoms with E-state index in [1.807, 2.05) is 18.2 Å². The molecule has 1 heteroatoms. The van der Waals surface area contributed by atoms with Crippen molar-refractivity contribution in [2.45, 2.75) is 64.7 Å². The molecule has 0 saturated heterocycles. The lowest BCUT2D eigenvalue weighted by molar-refractivity contribution is 0.319. The lowest BCUT2D eigenvalue weighted by Gasteiger charge is -2.28. The van der Waals surface area contributed by atoms with Gasteiger partial charge in [-0.3, -0.25) is 0 Å². The van der Waals surface area contributed by atoms with E-state index in [0.29, 0.717) is 16.9 Å². The first-order valence-electron chi connectivity index (χ1n) is 11.5. The summed E-state index contributed by atoms with van der Waals surface area (Å²) in [7, 11) is 0. The fourth-order valence-corrected chi connectivity index (χ4v) is 4.76. The Hall–Kier alpha value is -2.59. The number of benzene rings is 3. The van der Waals surface area contributed by atoms with Crippen LogP contribution in [0.25, 0.3) is 10.8 Å². The smallest absolute Gasteiger partial charge is 0.146 e. The highest BCUT2D eigenvalue weighted by Gasteiger charge is 2.20. The summed E-state index contributed by atoms with van der Waals surface area (Å²) < 4.78 is 15.0. The Balaban J connectivity index is 1.50. The van der Waals surface area contributed by atoms with Crippen LogP contribution in [0.3, 0.4) is 0 Å². The van der Waals surface area contributed by atoms with Crippen LogP contribution >= 0.6 is 0 Å². The number of hydrogen-bond acceptors (Lipinski definition) is 0. The van der Waals surface area contributed by atoms with Gasteiger partial charge in [-0.2, -0.15) is 0 Å². The fraction of sp³-hybridized carbons (Fsp3) is 0.379. The molecule has 1 fully saturated rings. The highest BCUT2D eigenvalue weighted by atomic mass is 19.1. The second kappa shape index (κ2) is 9.48.